The van der Waals surface area contributed by atoms with Crippen molar-refractivity contribution in [1.29, 1.82) is 0 Å². The first-order valence-electron chi connectivity index (χ1n) is 9.81. The number of nitrogens with two attached hydrogens (primary N) is 3. The van der Waals surface area contributed by atoms with E-state index in [1.165, 1.54) is 73.0 Å². The molecule has 0 aromatic carbocycles. The summed E-state index contributed by atoms with van der Waals surface area (Å²) in [4.78, 5) is 22.7. The number of hydrogen-bond donors (Lipinski definition) is 4. The van der Waals surface area contributed by atoms with E-state index in [0.29, 0.717) is 18.1 Å². The predicted molar refractivity (Wildman–Crippen MR) is 115 cm³/mol. The second kappa shape index (κ2) is 17.9. The first-order valence-corrected chi connectivity index (χ1v) is 12.3. The van der Waals surface area contributed by atoms with Gasteiger partial charge in [0, 0.05) is 18.1 Å². The minimum absolute atomic E-state index is 0.117. The molecule has 0 heterocycles. The maximum absolute atomic E-state index is 11.9. The molecule has 2 atom stereocenters. The highest BCUT2D eigenvalue weighted by Crippen LogP contribution is 2.22. The summed E-state index contributed by atoms with van der Waals surface area (Å²) in [5.74, 6) is 0.275. The maximum Gasteiger partial charge on any atom is 0.237 e. The van der Waals surface area contributed by atoms with Crippen LogP contribution in [-0.2, 0) is 9.59 Å². The van der Waals surface area contributed by atoms with Gasteiger partial charge in [0.1, 0.15) is 0 Å². The van der Waals surface area contributed by atoms with Gasteiger partial charge in [-0.3, -0.25) is 9.59 Å². The Morgan fingerprint density at radius 2 is 1.27 bits per heavy atom. The Balaban J connectivity index is 3.43. The molecule has 0 fully saturated rings. The molecule has 26 heavy (non-hydrogen) atoms. The van der Waals surface area contributed by atoms with Gasteiger partial charge in [-0.15, -0.1) is 0 Å². The summed E-state index contributed by atoms with van der Waals surface area (Å²) in [5, 5.41) is 2.89. The van der Waals surface area contributed by atoms with E-state index in [1.807, 2.05) is 0 Å². The number of primary amides is 1. The Morgan fingerprint density at radius 1 is 0.808 bits per heavy atom. The molecule has 0 bridgehead atoms. The fourth-order valence-corrected chi connectivity index (χ4v) is 4.61. The Kier molecular flexibility index (Phi) is 17.6. The van der Waals surface area contributed by atoms with Crippen LogP contribution >= 0.6 is 21.6 Å². The normalized spacial score (nSPS) is 13.3. The van der Waals surface area contributed by atoms with Gasteiger partial charge < -0.3 is 22.5 Å². The van der Waals surface area contributed by atoms with E-state index in [4.69, 9.17) is 17.2 Å². The third-order valence-electron chi connectivity index (χ3n) is 4.11. The summed E-state index contributed by atoms with van der Waals surface area (Å²) in [6, 6.07) is -1.20. The number of rotatable bonds is 18. The topological polar surface area (TPSA) is 124 Å². The molecule has 0 aromatic heterocycles. The van der Waals surface area contributed by atoms with E-state index in [-0.39, 0.29) is 5.91 Å². The van der Waals surface area contributed by atoms with Crippen LogP contribution in [0.5, 0.6) is 0 Å². The van der Waals surface area contributed by atoms with Crippen molar-refractivity contribution in [2.75, 3.05) is 18.1 Å². The lowest BCUT2D eigenvalue weighted by Gasteiger charge is -2.12. The first-order chi connectivity index (χ1) is 12.5. The third kappa shape index (κ3) is 15.8. The van der Waals surface area contributed by atoms with Crippen molar-refractivity contribution in [3.8, 4) is 0 Å². The van der Waals surface area contributed by atoms with Crippen molar-refractivity contribution < 1.29 is 9.59 Å². The average Bonchev–Trinajstić information content (AvgIpc) is 2.62. The minimum Gasteiger partial charge on any atom is -0.368 e. The zero-order valence-electron chi connectivity index (χ0n) is 16.2. The number of carbonyl (C=O) groups excluding carboxylic acids is 2. The molecule has 0 spiro atoms. The molecule has 0 aromatic rings. The molecule has 0 aliphatic heterocycles. The van der Waals surface area contributed by atoms with Crippen LogP contribution in [0.15, 0.2) is 0 Å². The van der Waals surface area contributed by atoms with E-state index >= 15 is 0 Å². The van der Waals surface area contributed by atoms with Crippen molar-refractivity contribution >= 4 is 33.4 Å². The molecule has 154 valence electrons. The van der Waals surface area contributed by atoms with E-state index in [9.17, 15) is 9.59 Å². The van der Waals surface area contributed by atoms with Crippen molar-refractivity contribution in [1.82, 2.24) is 5.32 Å². The van der Waals surface area contributed by atoms with E-state index in [2.05, 4.69) is 12.2 Å². The molecule has 0 radical (unpaired) electrons. The lowest BCUT2D eigenvalue weighted by Crippen LogP contribution is -2.42. The van der Waals surface area contributed by atoms with Gasteiger partial charge in [-0.25, -0.2) is 0 Å². The summed E-state index contributed by atoms with van der Waals surface area (Å²) in [6.07, 6.45) is 12.8. The second-order valence-electron chi connectivity index (χ2n) is 6.66. The molecular formula is C18H38N4O2S2. The van der Waals surface area contributed by atoms with Crippen LogP contribution in [0, 0.1) is 0 Å². The van der Waals surface area contributed by atoms with E-state index in [0.717, 1.165) is 12.8 Å². The maximum atomic E-state index is 11.9. The Labute approximate surface area is 166 Å². The zero-order chi connectivity index (χ0) is 19.6. The number of amides is 2. The molecule has 6 nitrogen and oxygen atoms in total. The van der Waals surface area contributed by atoms with Crippen LogP contribution in [0.25, 0.3) is 0 Å². The van der Waals surface area contributed by atoms with Gasteiger partial charge in [0.25, 0.3) is 0 Å². The monoisotopic (exact) mass is 406 g/mol. The molecular weight excluding hydrogens is 368 g/mol. The quantitative estimate of drug-likeness (QED) is 0.205. The molecule has 7 N–H and O–H groups in total. The standard InChI is InChI=1S/C18H38N4O2S2/c1-2-3-4-5-6-7-8-9-10-11-12-22-18(24)16(20)14-26-25-13-15(19)17(21)23/h15-16H,2-14,19-20H2,1H3,(H2,21,23)(H,22,24). The Bertz CT molecular complexity index is 373. The van der Waals surface area contributed by atoms with Gasteiger partial charge in [0.05, 0.1) is 12.1 Å². The van der Waals surface area contributed by atoms with E-state index < -0.39 is 18.0 Å². The fraction of sp³-hybridized carbons (Fsp3) is 0.889. The largest absolute Gasteiger partial charge is 0.368 e. The van der Waals surface area contributed by atoms with Crippen LogP contribution in [0.3, 0.4) is 0 Å². The molecule has 8 heteroatoms. The van der Waals surface area contributed by atoms with Crippen LogP contribution in [0.1, 0.15) is 71.1 Å². The molecule has 2 unspecified atom stereocenters. The van der Waals surface area contributed by atoms with Crippen LogP contribution in [0.4, 0.5) is 0 Å². The Hall–Kier alpha value is -0.440. The molecule has 0 rings (SSSR count). The lowest BCUT2D eigenvalue weighted by atomic mass is 10.1. The van der Waals surface area contributed by atoms with Gasteiger partial charge >= 0.3 is 0 Å². The van der Waals surface area contributed by atoms with Gasteiger partial charge in [-0.05, 0) is 6.42 Å². The smallest absolute Gasteiger partial charge is 0.237 e. The van der Waals surface area contributed by atoms with Crippen LogP contribution in [0.2, 0.25) is 0 Å². The van der Waals surface area contributed by atoms with Gasteiger partial charge in [-0.1, -0.05) is 86.3 Å². The summed E-state index contributed by atoms with van der Waals surface area (Å²) in [7, 11) is 2.85. The van der Waals surface area contributed by atoms with Crippen molar-refractivity contribution in [3.63, 3.8) is 0 Å². The molecule has 0 aliphatic rings. The summed E-state index contributed by atoms with van der Waals surface area (Å²) < 4.78 is 0. The van der Waals surface area contributed by atoms with Crippen molar-refractivity contribution in [3.05, 3.63) is 0 Å². The number of carbonyl (C=O) groups is 2. The van der Waals surface area contributed by atoms with E-state index in [1.54, 1.807) is 0 Å². The summed E-state index contributed by atoms with van der Waals surface area (Å²) >= 11 is 0. The second-order valence-corrected chi connectivity index (χ2v) is 9.21. The molecule has 0 aliphatic carbocycles. The van der Waals surface area contributed by atoms with Gasteiger partial charge in [-0.2, -0.15) is 0 Å². The highest BCUT2D eigenvalue weighted by molar-refractivity contribution is 8.76. The van der Waals surface area contributed by atoms with Gasteiger partial charge in [0.2, 0.25) is 11.8 Å². The van der Waals surface area contributed by atoms with Crippen LogP contribution in [-0.4, -0.2) is 41.9 Å². The highest BCUT2D eigenvalue weighted by Gasteiger charge is 2.14. The van der Waals surface area contributed by atoms with Crippen molar-refractivity contribution in [2.24, 2.45) is 17.2 Å². The SMILES string of the molecule is CCCCCCCCCCCCNC(=O)C(N)CSSCC(N)C(N)=O. The predicted octanol–water partition coefficient (Wildman–Crippen LogP) is 2.54. The summed E-state index contributed by atoms with van der Waals surface area (Å²) in [5.41, 5.74) is 16.5. The first kappa shape index (κ1) is 25.6. The molecule has 0 saturated heterocycles. The number of hydrogen-bond acceptors (Lipinski definition) is 6. The lowest BCUT2D eigenvalue weighted by molar-refractivity contribution is -0.122. The Morgan fingerprint density at radius 3 is 1.77 bits per heavy atom. The zero-order valence-corrected chi connectivity index (χ0v) is 17.8. The third-order valence-corrected chi connectivity index (χ3v) is 6.58. The molecule has 2 amide bonds. The fourth-order valence-electron chi connectivity index (χ4n) is 2.36. The molecule has 0 saturated carbocycles. The minimum atomic E-state index is -0.658. The average molecular weight is 407 g/mol. The van der Waals surface area contributed by atoms with Gasteiger partial charge in [0.15, 0.2) is 0 Å². The van der Waals surface area contributed by atoms with Crippen molar-refractivity contribution in [2.45, 2.75) is 83.2 Å². The van der Waals surface area contributed by atoms with Crippen LogP contribution < -0.4 is 22.5 Å². The number of nitrogens with one attached hydrogen (secondary N) is 1. The summed E-state index contributed by atoms with van der Waals surface area (Å²) in [6.45, 7) is 2.93. The number of unbranched alkanes of at least 4 members (excludes halogenated alkanes) is 9. The highest BCUT2D eigenvalue weighted by atomic mass is 33.1.